The van der Waals surface area contributed by atoms with Gasteiger partial charge in [-0.15, -0.1) is 0 Å². The molecule has 14 heavy (non-hydrogen) atoms. The second-order valence-corrected chi connectivity index (χ2v) is 2.42. The summed E-state index contributed by atoms with van der Waals surface area (Å²) in [4.78, 5) is 14.4. The summed E-state index contributed by atoms with van der Waals surface area (Å²) in [5.74, 6) is -0.912. The third kappa shape index (κ3) is 2.01. The lowest BCUT2D eigenvalue weighted by molar-refractivity contribution is -0.138. The van der Waals surface area contributed by atoms with Crippen LogP contribution in [-0.4, -0.2) is 10.9 Å². The normalized spacial score (nSPS) is 11.1. The fourth-order valence-electron chi connectivity index (χ4n) is 0.918. The van der Waals surface area contributed by atoms with Crippen LogP contribution >= 0.6 is 0 Å². The predicted molar refractivity (Wildman–Crippen MR) is 42.1 cm³/mol. The molecular weight excluding hydrogens is 197 g/mol. The summed E-state index contributed by atoms with van der Waals surface area (Å²) in [6.45, 7) is 0. The summed E-state index contributed by atoms with van der Waals surface area (Å²) < 4.78 is 37.0. The molecule has 1 aromatic heterocycles. The van der Waals surface area contributed by atoms with E-state index in [1.54, 1.807) is 0 Å². The van der Waals surface area contributed by atoms with Gasteiger partial charge < -0.3 is 5.32 Å². The van der Waals surface area contributed by atoms with E-state index < -0.39 is 23.2 Å². The van der Waals surface area contributed by atoms with E-state index in [2.05, 4.69) is 12.0 Å². The molecule has 0 spiro atoms. The molecule has 3 nitrogen and oxygen atoms in total. The number of carbonyl (C=O) groups is 1. The Labute approximate surface area is 78.0 Å². The largest absolute Gasteiger partial charge is 0.417 e. The summed E-state index contributed by atoms with van der Waals surface area (Å²) >= 11 is 0. The van der Waals surface area contributed by atoms with Gasteiger partial charge in [0.2, 0.25) is 0 Å². The first kappa shape index (κ1) is 10.5. The van der Waals surface area contributed by atoms with Crippen LogP contribution in [0.25, 0.3) is 0 Å². The van der Waals surface area contributed by atoms with E-state index in [0.29, 0.717) is 0 Å². The molecule has 75 valence electrons. The number of pyridine rings is 1. The predicted octanol–water partition coefficient (Wildman–Crippen LogP) is 1.62. The molecule has 0 aliphatic rings. The van der Waals surface area contributed by atoms with Gasteiger partial charge in [0.25, 0.3) is 5.91 Å². The summed E-state index contributed by atoms with van der Waals surface area (Å²) in [5, 5.41) is 1.86. The zero-order valence-electron chi connectivity index (χ0n) is 6.93. The summed E-state index contributed by atoms with van der Waals surface area (Å²) in [6.07, 6.45) is -2.74. The third-order valence-electron chi connectivity index (χ3n) is 1.53. The third-order valence-corrected chi connectivity index (χ3v) is 1.53. The number of nitrogens with zero attached hydrogens (tertiary/aromatic N) is 1. The molecule has 0 saturated carbocycles. The van der Waals surface area contributed by atoms with Gasteiger partial charge in [-0.25, -0.2) is 0 Å². The smallest absolute Gasteiger partial charge is 0.350 e. The number of nitrogens with one attached hydrogen (secondary N) is 1. The van der Waals surface area contributed by atoms with Gasteiger partial charge in [0.05, 0.1) is 11.1 Å². The molecule has 0 saturated heterocycles. The zero-order valence-corrected chi connectivity index (χ0v) is 6.93. The Morgan fingerprint density at radius 2 is 2.14 bits per heavy atom. The standard InChI is InChI=1S/C8H6F3N2O/c1-12-7(14)5-4-13-3-2-6(5)8(9,10)11/h2-4H,1H2,(H,12,14). The maximum atomic E-state index is 12.3. The highest BCUT2D eigenvalue weighted by atomic mass is 19.4. The molecule has 0 bridgehead atoms. The monoisotopic (exact) mass is 203 g/mol. The lowest BCUT2D eigenvalue weighted by Gasteiger charge is -2.10. The molecule has 1 heterocycles. The molecule has 0 fully saturated rings. The Morgan fingerprint density at radius 3 is 2.64 bits per heavy atom. The van der Waals surface area contributed by atoms with Crippen LogP contribution in [0.5, 0.6) is 0 Å². The molecule has 1 radical (unpaired) electrons. The quantitative estimate of drug-likeness (QED) is 0.753. The van der Waals surface area contributed by atoms with Crippen LogP contribution < -0.4 is 5.32 Å². The molecule has 0 unspecified atom stereocenters. The van der Waals surface area contributed by atoms with Crippen molar-refractivity contribution in [2.24, 2.45) is 0 Å². The Hall–Kier alpha value is -1.59. The number of aromatic nitrogens is 1. The SMILES string of the molecule is [CH2]NC(=O)c1cnccc1C(F)(F)F. The first-order chi connectivity index (χ1) is 6.46. The Morgan fingerprint density at radius 1 is 1.50 bits per heavy atom. The van der Waals surface area contributed by atoms with Gasteiger partial charge in [0.15, 0.2) is 0 Å². The van der Waals surface area contributed by atoms with Crippen molar-refractivity contribution in [1.82, 2.24) is 10.3 Å². The number of hydrogen-bond acceptors (Lipinski definition) is 2. The molecular formula is C8H6F3N2O. The highest BCUT2D eigenvalue weighted by Crippen LogP contribution is 2.31. The van der Waals surface area contributed by atoms with Gasteiger partial charge >= 0.3 is 6.18 Å². The molecule has 0 aliphatic heterocycles. The zero-order chi connectivity index (χ0) is 10.8. The fourth-order valence-corrected chi connectivity index (χ4v) is 0.918. The van der Waals surface area contributed by atoms with Crippen molar-refractivity contribution in [3.8, 4) is 0 Å². The van der Waals surface area contributed by atoms with Crippen LogP contribution in [0.2, 0.25) is 0 Å². The minimum Gasteiger partial charge on any atom is -0.350 e. The Kier molecular flexibility index (Phi) is 2.73. The molecule has 1 rings (SSSR count). The van der Waals surface area contributed by atoms with Crippen molar-refractivity contribution in [1.29, 1.82) is 0 Å². The minimum absolute atomic E-state index is 0.532. The molecule has 1 aromatic rings. The second-order valence-electron chi connectivity index (χ2n) is 2.42. The van der Waals surface area contributed by atoms with Crippen molar-refractivity contribution in [3.63, 3.8) is 0 Å². The van der Waals surface area contributed by atoms with Gasteiger partial charge in [0, 0.05) is 19.4 Å². The Balaban J connectivity index is 3.23. The molecule has 6 heteroatoms. The fraction of sp³-hybridized carbons (Fsp3) is 0.125. The maximum Gasteiger partial charge on any atom is 0.417 e. The Bertz CT molecular complexity index is 349. The van der Waals surface area contributed by atoms with Crippen LogP contribution in [0.4, 0.5) is 13.2 Å². The first-order valence-corrected chi connectivity index (χ1v) is 3.55. The lowest BCUT2D eigenvalue weighted by atomic mass is 10.1. The molecule has 1 N–H and O–H groups in total. The average Bonchev–Trinajstić information content (AvgIpc) is 2.15. The van der Waals surface area contributed by atoms with Gasteiger partial charge in [-0.05, 0) is 6.07 Å². The number of amides is 1. The molecule has 0 aliphatic carbocycles. The van der Waals surface area contributed by atoms with Crippen LogP contribution in [0.3, 0.4) is 0 Å². The molecule has 0 aromatic carbocycles. The van der Waals surface area contributed by atoms with Gasteiger partial charge in [-0.2, -0.15) is 13.2 Å². The van der Waals surface area contributed by atoms with E-state index in [1.165, 1.54) is 0 Å². The maximum absolute atomic E-state index is 12.3. The van der Waals surface area contributed by atoms with Crippen molar-refractivity contribution in [3.05, 3.63) is 36.6 Å². The second kappa shape index (κ2) is 3.65. The van der Waals surface area contributed by atoms with Crippen LogP contribution in [0.1, 0.15) is 15.9 Å². The van der Waals surface area contributed by atoms with Crippen molar-refractivity contribution < 1.29 is 18.0 Å². The highest BCUT2D eigenvalue weighted by molar-refractivity contribution is 5.95. The van der Waals surface area contributed by atoms with E-state index in [4.69, 9.17) is 0 Å². The minimum atomic E-state index is -4.56. The summed E-state index contributed by atoms with van der Waals surface area (Å²) in [7, 11) is 2.99. The van der Waals surface area contributed by atoms with Crippen LogP contribution in [0.15, 0.2) is 18.5 Å². The van der Waals surface area contributed by atoms with E-state index in [-0.39, 0.29) is 0 Å². The molecule has 0 atom stereocenters. The highest BCUT2D eigenvalue weighted by Gasteiger charge is 2.34. The van der Waals surface area contributed by atoms with Gasteiger partial charge in [0.1, 0.15) is 0 Å². The van der Waals surface area contributed by atoms with Crippen LogP contribution in [-0.2, 0) is 6.18 Å². The lowest BCUT2D eigenvalue weighted by Crippen LogP contribution is -2.21. The summed E-state index contributed by atoms with van der Waals surface area (Å²) in [6, 6.07) is 0.741. The van der Waals surface area contributed by atoms with Crippen molar-refractivity contribution in [2.75, 3.05) is 0 Å². The van der Waals surface area contributed by atoms with E-state index in [1.807, 2.05) is 5.32 Å². The van der Waals surface area contributed by atoms with Crippen LogP contribution in [0, 0.1) is 7.05 Å². The number of hydrogen-bond donors (Lipinski definition) is 1. The van der Waals surface area contributed by atoms with E-state index in [9.17, 15) is 18.0 Å². The number of alkyl halides is 3. The van der Waals surface area contributed by atoms with Crippen molar-refractivity contribution in [2.45, 2.75) is 6.18 Å². The number of rotatable bonds is 1. The first-order valence-electron chi connectivity index (χ1n) is 3.55. The average molecular weight is 203 g/mol. The van der Waals surface area contributed by atoms with Gasteiger partial charge in [-0.1, -0.05) is 0 Å². The van der Waals surface area contributed by atoms with E-state index >= 15 is 0 Å². The van der Waals surface area contributed by atoms with Gasteiger partial charge in [-0.3, -0.25) is 9.78 Å². The number of halogens is 3. The number of carbonyl (C=O) groups excluding carboxylic acids is 1. The van der Waals surface area contributed by atoms with E-state index in [0.717, 1.165) is 18.5 Å². The summed E-state index contributed by atoms with van der Waals surface area (Å²) in [5.41, 5.74) is -1.55. The van der Waals surface area contributed by atoms with Crippen molar-refractivity contribution >= 4 is 5.91 Å². The molecule has 1 amide bonds. The topological polar surface area (TPSA) is 42.0 Å².